The molecule has 0 aromatic heterocycles. The van der Waals surface area contributed by atoms with Crippen LogP contribution in [0.4, 0.5) is 4.79 Å². The Morgan fingerprint density at radius 2 is 1.81 bits per heavy atom. The van der Waals surface area contributed by atoms with Crippen molar-refractivity contribution < 1.29 is 14.7 Å². The van der Waals surface area contributed by atoms with Crippen molar-refractivity contribution in [1.82, 2.24) is 10.6 Å². The van der Waals surface area contributed by atoms with Crippen molar-refractivity contribution in [3.05, 3.63) is 0 Å². The third-order valence-electron chi connectivity index (χ3n) is 5.15. The zero-order valence-corrected chi connectivity index (χ0v) is 13.7. The fraction of sp³-hybridized carbons (Fsp3) is 0.875. The smallest absolute Gasteiger partial charge is 0.329 e. The molecule has 2 unspecified atom stereocenters. The average Bonchev–Trinajstić information content (AvgIpc) is 2.46. The molecule has 0 aromatic rings. The normalized spacial score (nSPS) is 28.5. The number of carbonyl (C=O) groups is 2. The number of rotatable bonds is 6. The summed E-state index contributed by atoms with van der Waals surface area (Å²) in [6.07, 6.45) is 4.82. The molecule has 0 aromatic carbocycles. The van der Waals surface area contributed by atoms with Gasteiger partial charge in [0.05, 0.1) is 0 Å². The lowest BCUT2D eigenvalue weighted by molar-refractivity contribution is -0.146. The van der Waals surface area contributed by atoms with Crippen molar-refractivity contribution in [2.75, 3.05) is 0 Å². The highest BCUT2D eigenvalue weighted by Gasteiger charge is 2.43. The second kappa shape index (κ2) is 7.66. The van der Waals surface area contributed by atoms with Crippen LogP contribution in [0.25, 0.3) is 0 Å². The van der Waals surface area contributed by atoms with Gasteiger partial charge in [-0.1, -0.05) is 33.6 Å². The van der Waals surface area contributed by atoms with E-state index in [1.54, 1.807) is 0 Å². The second-order valence-electron chi connectivity index (χ2n) is 6.51. The van der Waals surface area contributed by atoms with Gasteiger partial charge in [0.1, 0.15) is 5.54 Å². The summed E-state index contributed by atoms with van der Waals surface area (Å²) in [7, 11) is 0. The van der Waals surface area contributed by atoms with Gasteiger partial charge < -0.3 is 15.7 Å². The van der Waals surface area contributed by atoms with E-state index < -0.39 is 11.5 Å². The predicted molar refractivity (Wildman–Crippen MR) is 83.2 cm³/mol. The highest BCUT2D eigenvalue weighted by atomic mass is 16.4. The van der Waals surface area contributed by atoms with Crippen molar-refractivity contribution in [2.45, 2.75) is 77.8 Å². The summed E-state index contributed by atoms with van der Waals surface area (Å²) in [5.74, 6) is 0.0390. The van der Waals surface area contributed by atoms with Gasteiger partial charge in [0.2, 0.25) is 0 Å². The number of hydrogen-bond donors (Lipinski definition) is 3. The Morgan fingerprint density at radius 1 is 1.24 bits per heavy atom. The lowest BCUT2D eigenvalue weighted by Crippen LogP contribution is -2.59. The first-order valence-electron chi connectivity index (χ1n) is 8.16. The molecule has 0 bridgehead atoms. The van der Waals surface area contributed by atoms with Crippen molar-refractivity contribution in [2.24, 2.45) is 11.8 Å². The molecule has 1 rings (SSSR count). The largest absolute Gasteiger partial charge is 0.480 e. The number of carbonyl (C=O) groups excluding carboxylic acids is 1. The van der Waals surface area contributed by atoms with Crippen LogP contribution in [0.5, 0.6) is 0 Å². The van der Waals surface area contributed by atoms with Crippen LogP contribution in [0.15, 0.2) is 0 Å². The van der Waals surface area contributed by atoms with Gasteiger partial charge in [0.25, 0.3) is 0 Å². The molecule has 21 heavy (non-hydrogen) atoms. The summed E-state index contributed by atoms with van der Waals surface area (Å²) in [6.45, 7) is 8.23. The Balaban J connectivity index is 2.63. The first kappa shape index (κ1) is 17.8. The molecule has 122 valence electrons. The minimum absolute atomic E-state index is 0.0350. The Kier molecular flexibility index (Phi) is 6.49. The summed E-state index contributed by atoms with van der Waals surface area (Å²) in [5, 5.41) is 15.1. The van der Waals surface area contributed by atoms with Gasteiger partial charge in [-0.25, -0.2) is 9.59 Å². The molecule has 5 heteroatoms. The number of carboxylic acid groups (broad SMARTS) is 1. The second-order valence-corrected chi connectivity index (χ2v) is 6.51. The minimum atomic E-state index is -1.09. The Morgan fingerprint density at radius 3 is 2.24 bits per heavy atom. The molecule has 1 aliphatic rings. The van der Waals surface area contributed by atoms with Crippen LogP contribution in [-0.2, 0) is 4.79 Å². The molecular weight excluding hydrogens is 268 g/mol. The molecule has 0 spiro atoms. The van der Waals surface area contributed by atoms with Gasteiger partial charge in [-0.05, 0) is 44.4 Å². The van der Waals surface area contributed by atoms with E-state index in [1.165, 1.54) is 0 Å². The number of aliphatic carboxylic acids is 1. The monoisotopic (exact) mass is 298 g/mol. The number of hydrogen-bond acceptors (Lipinski definition) is 2. The molecular formula is C16H30N2O3. The number of amides is 2. The molecule has 2 amide bonds. The van der Waals surface area contributed by atoms with Crippen LogP contribution < -0.4 is 10.6 Å². The van der Waals surface area contributed by atoms with E-state index in [2.05, 4.69) is 31.4 Å². The first-order chi connectivity index (χ1) is 9.84. The SMILES string of the molecule is CCC1CCC(NC(=O)NC(C)C(C)CC)(C(=O)O)CC1. The third-order valence-corrected chi connectivity index (χ3v) is 5.15. The lowest BCUT2D eigenvalue weighted by Gasteiger charge is -2.37. The van der Waals surface area contributed by atoms with Crippen molar-refractivity contribution >= 4 is 12.0 Å². The van der Waals surface area contributed by atoms with Gasteiger partial charge in [0.15, 0.2) is 0 Å². The molecule has 1 aliphatic carbocycles. The zero-order chi connectivity index (χ0) is 16.0. The van der Waals surface area contributed by atoms with Crippen LogP contribution in [0.1, 0.15) is 66.2 Å². The fourth-order valence-corrected chi connectivity index (χ4v) is 2.93. The minimum Gasteiger partial charge on any atom is -0.480 e. The molecule has 3 N–H and O–H groups in total. The van der Waals surface area contributed by atoms with E-state index in [0.29, 0.717) is 24.7 Å². The van der Waals surface area contributed by atoms with E-state index in [-0.39, 0.29) is 12.1 Å². The van der Waals surface area contributed by atoms with Gasteiger partial charge in [-0.15, -0.1) is 0 Å². The van der Waals surface area contributed by atoms with Crippen LogP contribution in [-0.4, -0.2) is 28.7 Å². The van der Waals surface area contributed by atoms with Crippen LogP contribution in [0, 0.1) is 11.8 Å². The van der Waals surface area contributed by atoms with Crippen molar-refractivity contribution in [1.29, 1.82) is 0 Å². The van der Waals surface area contributed by atoms with Gasteiger partial charge >= 0.3 is 12.0 Å². The molecule has 0 radical (unpaired) electrons. The maximum atomic E-state index is 12.1. The molecule has 2 atom stereocenters. The summed E-state index contributed by atoms with van der Waals surface area (Å²) in [6, 6.07) is -0.326. The topological polar surface area (TPSA) is 78.4 Å². The third kappa shape index (κ3) is 4.61. The molecule has 5 nitrogen and oxygen atoms in total. The van der Waals surface area contributed by atoms with Gasteiger partial charge in [0, 0.05) is 6.04 Å². The molecule has 0 saturated heterocycles. The molecule has 0 aliphatic heterocycles. The Labute approximate surface area is 127 Å². The molecule has 1 fully saturated rings. The van der Waals surface area contributed by atoms with Crippen molar-refractivity contribution in [3.63, 3.8) is 0 Å². The van der Waals surface area contributed by atoms with E-state index in [0.717, 1.165) is 25.7 Å². The lowest BCUT2D eigenvalue weighted by atomic mass is 9.75. The average molecular weight is 298 g/mol. The Hall–Kier alpha value is -1.26. The number of carboxylic acids is 1. The van der Waals surface area contributed by atoms with Crippen molar-refractivity contribution in [3.8, 4) is 0 Å². The highest BCUT2D eigenvalue weighted by molar-refractivity contribution is 5.86. The van der Waals surface area contributed by atoms with E-state index in [4.69, 9.17) is 0 Å². The van der Waals surface area contributed by atoms with Crippen LogP contribution in [0.3, 0.4) is 0 Å². The maximum absolute atomic E-state index is 12.1. The number of nitrogens with one attached hydrogen (secondary N) is 2. The summed E-state index contributed by atoms with van der Waals surface area (Å²) in [4.78, 5) is 23.8. The van der Waals surface area contributed by atoms with E-state index in [1.807, 2.05) is 6.92 Å². The first-order valence-corrected chi connectivity index (χ1v) is 8.16. The highest BCUT2D eigenvalue weighted by Crippen LogP contribution is 2.34. The summed E-state index contributed by atoms with van der Waals surface area (Å²) < 4.78 is 0. The van der Waals surface area contributed by atoms with Gasteiger partial charge in [-0.2, -0.15) is 0 Å². The number of urea groups is 1. The van der Waals surface area contributed by atoms with Crippen LogP contribution in [0.2, 0.25) is 0 Å². The Bertz CT molecular complexity index is 363. The standard InChI is InChI=1S/C16H30N2O3/c1-5-11(3)12(4)17-15(21)18-16(14(19)20)9-7-13(6-2)8-10-16/h11-13H,5-10H2,1-4H3,(H,19,20)(H2,17,18,21). The quantitative estimate of drug-likeness (QED) is 0.705. The zero-order valence-electron chi connectivity index (χ0n) is 13.7. The molecule has 0 heterocycles. The molecule has 1 saturated carbocycles. The predicted octanol–water partition coefficient (Wildman–Crippen LogP) is 3.14. The summed E-state index contributed by atoms with van der Waals surface area (Å²) >= 11 is 0. The van der Waals surface area contributed by atoms with E-state index in [9.17, 15) is 14.7 Å². The fourth-order valence-electron chi connectivity index (χ4n) is 2.93. The van der Waals surface area contributed by atoms with Gasteiger partial charge in [-0.3, -0.25) is 0 Å². The van der Waals surface area contributed by atoms with E-state index >= 15 is 0 Å². The van der Waals surface area contributed by atoms with Crippen LogP contribution >= 0.6 is 0 Å². The maximum Gasteiger partial charge on any atom is 0.329 e. The summed E-state index contributed by atoms with van der Waals surface area (Å²) in [5.41, 5.74) is -1.09.